The Hall–Kier alpha value is -1.41. The lowest BCUT2D eigenvalue weighted by molar-refractivity contribution is 0.770. The van der Waals surface area contributed by atoms with E-state index in [0.29, 0.717) is 23.1 Å². The Balaban J connectivity index is 2.77. The summed E-state index contributed by atoms with van der Waals surface area (Å²) >= 11 is 1.78. The standard InChI is InChI=1S/C11H16N4S/c1-3-9(7-16-2)15-11-10(13)4-8(5-12)6-14-11/h4,6,9H,3,7,13H2,1-2H3,(H,14,15). The van der Waals surface area contributed by atoms with E-state index in [4.69, 9.17) is 11.0 Å². The van der Waals surface area contributed by atoms with Gasteiger partial charge in [0.05, 0.1) is 11.3 Å². The Morgan fingerprint density at radius 3 is 2.94 bits per heavy atom. The molecule has 4 nitrogen and oxygen atoms in total. The minimum absolute atomic E-state index is 0.359. The van der Waals surface area contributed by atoms with Crippen LogP contribution >= 0.6 is 11.8 Å². The molecule has 1 aromatic heterocycles. The van der Waals surface area contributed by atoms with Crippen LogP contribution in [0, 0.1) is 11.3 Å². The predicted octanol–water partition coefficient (Wildman–Crippen LogP) is 2.09. The van der Waals surface area contributed by atoms with Crippen molar-refractivity contribution < 1.29 is 0 Å². The van der Waals surface area contributed by atoms with E-state index >= 15 is 0 Å². The van der Waals surface area contributed by atoms with Gasteiger partial charge in [0.1, 0.15) is 11.9 Å². The molecule has 16 heavy (non-hydrogen) atoms. The van der Waals surface area contributed by atoms with E-state index in [1.807, 2.05) is 6.07 Å². The fourth-order valence-corrected chi connectivity index (χ4v) is 2.04. The first-order valence-corrected chi connectivity index (χ1v) is 6.51. The summed E-state index contributed by atoms with van der Waals surface area (Å²) in [5, 5.41) is 12.0. The molecule has 5 heteroatoms. The normalized spacial score (nSPS) is 11.8. The Morgan fingerprint density at radius 2 is 2.44 bits per heavy atom. The number of nitrogen functional groups attached to an aromatic ring is 1. The molecule has 1 atom stereocenters. The zero-order chi connectivity index (χ0) is 12.0. The average molecular weight is 236 g/mol. The van der Waals surface area contributed by atoms with Gasteiger partial charge >= 0.3 is 0 Å². The van der Waals surface area contributed by atoms with Crippen LogP contribution in [0.1, 0.15) is 18.9 Å². The molecular formula is C11H16N4S. The molecule has 0 amide bonds. The number of aromatic nitrogens is 1. The third-order valence-corrected chi connectivity index (χ3v) is 2.98. The number of hydrogen-bond donors (Lipinski definition) is 2. The molecule has 1 heterocycles. The monoisotopic (exact) mass is 236 g/mol. The highest BCUT2D eigenvalue weighted by Gasteiger charge is 2.08. The SMILES string of the molecule is CCC(CSC)Nc1ncc(C#N)cc1N. The molecule has 0 saturated heterocycles. The van der Waals surface area contributed by atoms with Gasteiger partial charge in [-0.25, -0.2) is 4.98 Å². The van der Waals surface area contributed by atoms with Crippen LogP contribution in [-0.4, -0.2) is 23.0 Å². The molecule has 0 bridgehead atoms. The highest BCUT2D eigenvalue weighted by atomic mass is 32.2. The van der Waals surface area contributed by atoms with Gasteiger partial charge in [-0.15, -0.1) is 0 Å². The molecule has 0 aliphatic heterocycles. The van der Waals surface area contributed by atoms with Gasteiger partial charge in [0.25, 0.3) is 0 Å². The largest absolute Gasteiger partial charge is 0.396 e. The maximum absolute atomic E-state index is 8.70. The molecule has 1 rings (SSSR count). The topological polar surface area (TPSA) is 74.7 Å². The van der Waals surface area contributed by atoms with E-state index in [0.717, 1.165) is 12.2 Å². The second-order valence-electron chi connectivity index (χ2n) is 3.48. The minimum Gasteiger partial charge on any atom is -0.396 e. The van der Waals surface area contributed by atoms with Gasteiger partial charge in [0, 0.05) is 18.0 Å². The summed E-state index contributed by atoms with van der Waals surface area (Å²) < 4.78 is 0. The molecule has 0 saturated carbocycles. The second-order valence-corrected chi connectivity index (χ2v) is 4.39. The van der Waals surface area contributed by atoms with E-state index in [1.165, 1.54) is 6.20 Å². The average Bonchev–Trinajstić information content (AvgIpc) is 2.30. The Morgan fingerprint density at radius 1 is 1.69 bits per heavy atom. The molecular weight excluding hydrogens is 220 g/mol. The molecule has 1 aromatic rings. The van der Waals surface area contributed by atoms with E-state index in [9.17, 15) is 0 Å². The molecule has 3 N–H and O–H groups in total. The van der Waals surface area contributed by atoms with Crippen molar-refractivity contribution >= 4 is 23.3 Å². The lowest BCUT2D eigenvalue weighted by Crippen LogP contribution is -2.22. The van der Waals surface area contributed by atoms with Crippen LogP contribution in [0.25, 0.3) is 0 Å². The summed E-state index contributed by atoms with van der Waals surface area (Å²) in [6.07, 6.45) is 4.62. The highest BCUT2D eigenvalue weighted by Crippen LogP contribution is 2.18. The quantitative estimate of drug-likeness (QED) is 0.818. The van der Waals surface area contributed by atoms with E-state index in [1.54, 1.807) is 17.8 Å². The Kier molecular flexibility index (Phi) is 4.93. The molecule has 86 valence electrons. The van der Waals surface area contributed by atoms with Crippen molar-refractivity contribution in [3.63, 3.8) is 0 Å². The highest BCUT2D eigenvalue weighted by molar-refractivity contribution is 7.98. The van der Waals surface area contributed by atoms with Crippen molar-refractivity contribution in [3.8, 4) is 6.07 Å². The number of thioether (sulfide) groups is 1. The van der Waals surface area contributed by atoms with E-state index in [2.05, 4.69) is 23.5 Å². The van der Waals surface area contributed by atoms with Crippen LogP contribution in [0.2, 0.25) is 0 Å². The van der Waals surface area contributed by atoms with Gasteiger partial charge in [0.15, 0.2) is 0 Å². The van der Waals surface area contributed by atoms with Crippen LogP contribution in [0.3, 0.4) is 0 Å². The maximum Gasteiger partial charge on any atom is 0.149 e. The number of nitrogens with two attached hydrogens (primary N) is 1. The van der Waals surface area contributed by atoms with Gasteiger partial charge in [0.2, 0.25) is 0 Å². The van der Waals surface area contributed by atoms with Crippen molar-refractivity contribution in [2.75, 3.05) is 23.1 Å². The summed E-state index contributed by atoms with van der Waals surface area (Å²) in [4.78, 5) is 4.15. The van der Waals surface area contributed by atoms with Gasteiger partial charge in [-0.1, -0.05) is 6.92 Å². The molecule has 0 fully saturated rings. The first kappa shape index (κ1) is 12.7. The van der Waals surface area contributed by atoms with Gasteiger partial charge in [-0.05, 0) is 18.7 Å². The van der Waals surface area contributed by atoms with Crippen LogP contribution in [0.5, 0.6) is 0 Å². The Bertz CT molecular complexity index is 386. The van der Waals surface area contributed by atoms with Crippen molar-refractivity contribution in [2.24, 2.45) is 0 Å². The summed E-state index contributed by atoms with van der Waals surface area (Å²) in [6, 6.07) is 4.01. The number of nitrogens with zero attached hydrogens (tertiary/aromatic N) is 2. The van der Waals surface area contributed by atoms with E-state index < -0.39 is 0 Å². The zero-order valence-electron chi connectivity index (χ0n) is 9.53. The van der Waals surface area contributed by atoms with Crippen molar-refractivity contribution in [3.05, 3.63) is 17.8 Å². The molecule has 0 aromatic carbocycles. The third-order valence-electron chi connectivity index (χ3n) is 2.25. The van der Waals surface area contributed by atoms with Crippen LogP contribution in [0.15, 0.2) is 12.3 Å². The molecule has 0 radical (unpaired) electrons. The first-order chi connectivity index (χ1) is 7.71. The number of nitriles is 1. The minimum atomic E-state index is 0.359. The smallest absolute Gasteiger partial charge is 0.149 e. The number of nitrogens with one attached hydrogen (secondary N) is 1. The van der Waals surface area contributed by atoms with Crippen LogP contribution in [-0.2, 0) is 0 Å². The van der Waals surface area contributed by atoms with Gasteiger partial charge in [-0.2, -0.15) is 17.0 Å². The number of hydrogen-bond acceptors (Lipinski definition) is 5. The molecule has 0 aliphatic rings. The number of rotatable bonds is 5. The van der Waals surface area contributed by atoms with Crippen LogP contribution < -0.4 is 11.1 Å². The fraction of sp³-hybridized carbons (Fsp3) is 0.455. The van der Waals surface area contributed by atoms with Gasteiger partial charge < -0.3 is 11.1 Å². The summed E-state index contributed by atoms with van der Waals surface area (Å²) in [5.41, 5.74) is 6.83. The lowest BCUT2D eigenvalue weighted by Gasteiger charge is -2.17. The van der Waals surface area contributed by atoms with Crippen molar-refractivity contribution in [1.29, 1.82) is 5.26 Å². The zero-order valence-corrected chi connectivity index (χ0v) is 10.3. The Labute approximate surface area is 100 Å². The molecule has 1 unspecified atom stereocenters. The van der Waals surface area contributed by atoms with Gasteiger partial charge in [-0.3, -0.25) is 0 Å². The second kappa shape index (κ2) is 6.23. The maximum atomic E-state index is 8.70. The van der Waals surface area contributed by atoms with Crippen molar-refractivity contribution in [1.82, 2.24) is 4.98 Å². The van der Waals surface area contributed by atoms with E-state index in [-0.39, 0.29) is 0 Å². The summed E-state index contributed by atoms with van der Waals surface area (Å²) in [6.45, 7) is 2.12. The first-order valence-electron chi connectivity index (χ1n) is 5.12. The number of anilines is 2. The fourth-order valence-electron chi connectivity index (χ4n) is 1.32. The van der Waals surface area contributed by atoms with Crippen LogP contribution in [0.4, 0.5) is 11.5 Å². The predicted molar refractivity (Wildman–Crippen MR) is 69.4 cm³/mol. The van der Waals surface area contributed by atoms with Crippen molar-refractivity contribution in [2.45, 2.75) is 19.4 Å². The number of pyridine rings is 1. The third kappa shape index (κ3) is 3.31. The molecule has 0 aliphatic carbocycles. The lowest BCUT2D eigenvalue weighted by atomic mass is 10.2. The molecule has 0 spiro atoms. The summed E-state index contributed by atoms with van der Waals surface area (Å²) in [5.74, 6) is 1.68. The summed E-state index contributed by atoms with van der Waals surface area (Å²) in [7, 11) is 0.